The zero-order chi connectivity index (χ0) is 20.0. The van der Waals surface area contributed by atoms with Gasteiger partial charge in [-0.25, -0.2) is 4.79 Å². The molecule has 0 unspecified atom stereocenters. The number of carbonyl (C=O) groups is 1. The smallest absolute Gasteiger partial charge is 0.410 e. The van der Waals surface area contributed by atoms with Crippen LogP contribution in [0.25, 0.3) is 0 Å². The number of nitrogens with zero attached hydrogens (tertiary/aromatic N) is 1. The number of hydrogen-bond donors (Lipinski definition) is 0. The van der Waals surface area contributed by atoms with Crippen LogP contribution in [-0.2, 0) is 11.3 Å². The molecule has 5 nitrogen and oxygen atoms in total. The number of para-hydroxylation sites is 2. The molecule has 0 saturated carbocycles. The van der Waals surface area contributed by atoms with E-state index in [1.54, 1.807) is 4.90 Å². The van der Waals surface area contributed by atoms with Crippen LogP contribution in [-0.4, -0.2) is 35.8 Å². The van der Waals surface area contributed by atoms with Crippen molar-refractivity contribution < 1.29 is 19.0 Å². The average molecular weight is 381 g/mol. The number of carbonyl (C=O) groups excluding carboxylic acids is 1. The highest BCUT2D eigenvalue weighted by Gasteiger charge is 2.26. The Morgan fingerprint density at radius 3 is 2.43 bits per heavy atom. The second-order valence-electron chi connectivity index (χ2n) is 7.69. The average Bonchev–Trinajstić information content (AvgIpc) is 2.67. The maximum atomic E-state index is 12.3. The van der Waals surface area contributed by atoms with Crippen molar-refractivity contribution in [3.05, 3.63) is 72.3 Å². The largest absolute Gasteiger partial charge is 0.485 e. The first-order valence-corrected chi connectivity index (χ1v) is 9.48. The van der Waals surface area contributed by atoms with Gasteiger partial charge >= 0.3 is 6.09 Å². The Labute approximate surface area is 166 Å². The van der Waals surface area contributed by atoms with Crippen molar-refractivity contribution in [1.82, 2.24) is 4.90 Å². The molecule has 2 aromatic rings. The predicted octanol–water partition coefficient (Wildman–Crippen LogP) is 4.82. The first-order chi connectivity index (χ1) is 13.4. The Hall–Kier alpha value is -2.95. The van der Waals surface area contributed by atoms with Gasteiger partial charge in [-0.2, -0.15) is 0 Å². The van der Waals surface area contributed by atoms with Crippen LogP contribution in [0.3, 0.4) is 0 Å². The fourth-order valence-corrected chi connectivity index (χ4v) is 2.81. The first-order valence-electron chi connectivity index (χ1n) is 9.48. The van der Waals surface area contributed by atoms with Crippen LogP contribution in [0.4, 0.5) is 4.79 Å². The highest BCUT2D eigenvalue weighted by molar-refractivity contribution is 5.68. The van der Waals surface area contributed by atoms with Gasteiger partial charge in [0.25, 0.3) is 0 Å². The van der Waals surface area contributed by atoms with Gasteiger partial charge in [0.15, 0.2) is 11.5 Å². The lowest BCUT2D eigenvalue weighted by molar-refractivity contribution is 0.0204. The quantitative estimate of drug-likeness (QED) is 0.697. The number of benzene rings is 2. The van der Waals surface area contributed by atoms with Crippen molar-refractivity contribution in [2.24, 2.45) is 0 Å². The van der Waals surface area contributed by atoms with E-state index in [-0.39, 0.29) is 12.2 Å². The second-order valence-corrected chi connectivity index (χ2v) is 7.69. The molecule has 1 atom stereocenters. The van der Waals surface area contributed by atoms with Crippen LogP contribution in [0.2, 0.25) is 0 Å². The molecule has 0 bridgehead atoms. The fraction of sp³-hybridized carbons (Fsp3) is 0.348. The van der Waals surface area contributed by atoms with E-state index in [4.69, 9.17) is 14.2 Å². The highest BCUT2D eigenvalue weighted by atomic mass is 16.6. The molecule has 1 heterocycles. The van der Waals surface area contributed by atoms with Gasteiger partial charge in [-0.1, -0.05) is 48.5 Å². The molecule has 2 aromatic carbocycles. The van der Waals surface area contributed by atoms with Crippen LogP contribution in [0.5, 0.6) is 11.5 Å². The van der Waals surface area contributed by atoms with Gasteiger partial charge in [-0.3, -0.25) is 0 Å². The standard InChI is InChI=1S/C23H27NO4/c1-23(2,3)28-22(25)24-15-9-12-19(16-24)27-21-14-8-7-13-20(21)26-17-18-10-5-4-6-11-18/h4-14,19H,15-17H2,1-3H3/t19-/m1/s1. The van der Waals surface area contributed by atoms with Gasteiger partial charge in [0.1, 0.15) is 18.3 Å². The van der Waals surface area contributed by atoms with E-state index in [0.29, 0.717) is 31.2 Å². The molecule has 5 heteroatoms. The SMILES string of the molecule is CC(C)(C)OC(=O)N1CC=C[C@@H](Oc2ccccc2OCc2ccccc2)C1. The summed E-state index contributed by atoms with van der Waals surface area (Å²) in [6.45, 7) is 6.99. The molecule has 1 amide bonds. The molecule has 3 rings (SSSR count). The zero-order valence-corrected chi connectivity index (χ0v) is 16.6. The minimum atomic E-state index is -0.521. The van der Waals surface area contributed by atoms with Gasteiger partial charge in [0, 0.05) is 6.54 Å². The first kappa shape index (κ1) is 19.8. The fourth-order valence-electron chi connectivity index (χ4n) is 2.81. The van der Waals surface area contributed by atoms with Gasteiger partial charge in [0.2, 0.25) is 0 Å². The maximum Gasteiger partial charge on any atom is 0.410 e. The Morgan fingerprint density at radius 2 is 1.71 bits per heavy atom. The summed E-state index contributed by atoms with van der Waals surface area (Å²) in [4.78, 5) is 14.0. The minimum Gasteiger partial charge on any atom is -0.485 e. The molecule has 0 spiro atoms. The lowest BCUT2D eigenvalue weighted by atomic mass is 10.2. The number of ether oxygens (including phenoxy) is 3. The minimum absolute atomic E-state index is 0.261. The number of rotatable bonds is 5. The molecule has 28 heavy (non-hydrogen) atoms. The Kier molecular flexibility index (Phi) is 6.24. The Morgan fingerprint density at radius 1 is 1.04 bits per heavy atom. The molecule has 148 valence electrons. The van der Waals surface area contributed by atoms with Crippen molar-refractivity contribution in [1.29, 1.82) is 0 Å². The molecule has 0 aliphatic carbocycles. The molecule has 0 fully saturated rings. The molecule has 0 saturated heterocycles. The van der Waals surface area contributed by atoms with Crippen LogP contribution in [0.1, 0.15) is 26.3 Å². The van der Waals surface area contributed by atoms with Crippen molar-refractivity contribution in [2.45, 2.75) is 39.1 Å². The lowest BCUT2D eigenvalue weighted by Gasteiger charge is -2.31. The van der Waals surface area contributed by atoms with E-state index in [2.05, 4.69) is 0 Å². The van der Waals surface area contributed by atoms with E-state index in [1.165, 1.54) is 0 Å². The predicted molar refractivity (Wildman–Crippen MR) is 109 cm³/mol. The maximum absolute atomic E-state index is 12.3. The van der Waals surface area contributed by atoms with E-state index in [9.17, 15) is 4.79 Å². The summed E-state index contributed by atoms with van der Waals surface area (Å²) in [5.41, 5.74) is 0.568. The van der Waals surface area contributed by atoms with Gasteiger partial charge in [-0.15, -0.1) is 0 Å². The summed E-state index contributed by atoms with van der Waals surface area (Å²) in [6.07, 6.45) is 3.29. The second kappa shape index (κ2) is 8.83. The van der Waals surface area contributed by atoms with E-state index < -0.39 is 5.60 Å². The van der Waals surface area contributed by atoms with Gasteiger partial charge in [-0.05, 0) is 44.5 Å². The molecule has 0 radical (unpaired) electrons. The van der Waals surface area contributed by atoms with E-state index >= 15 is 0 Å². The molecule has 1 aliphatic heterocycles. The molecular formula is C23H27NO4. The summed E-state index contributed by atoms with van der Waals surface area (Å²) < 4.78 is 17.5. The molecule has 1 aliphatic rings. The Bertz CT molecular complexity index is 811. The summed E-state index contributed by atoms with van der Waals surface area (Å²) in [5.74, 6) is 1.33. The summed E-state index contributed by atoms with van der Waals surface area (Å²) in [6, 6.07) is 17.6. The van der Waals surface area contributed by atoms with Crippen molar-refractivity contribution in [3.63, 3.8) is 0 Å². The van der Waals surface area contributed by atoms with Crippen LogP contribution in [0, 0.1) is 0 Å². The van der Waals surface area contributed by atoms with E-state index in [0.717, 1.165) is 5.56 Å². The third kappa shape index (κ3) is 5.78. The molecule has 0 aromatic heterocycles. The van der Waals surface area contributed by atoms with Crippen LogP contribution >= 0.6 is 0 Å². The van der Waals surface area contributed by atoms with E-state index in [1.807, 2.05) is 87.5 Å². The Balaban J connectivity index is 1.62. The monoisotopic (exact) mass is 381 g/mol. The third-order valence-electron chi connectivity index (χ3n) is 4.09. The zero-order valence-electron chi connectivity index (χ0n) is 16.6. The summed E-state index contributed by atoms with van der Waals surface area (Å²) >= 11 is 0. The lowest BCUT2D eigenvalue weighted by Crippen LogP contribution is -2.44. The van der Waals surface area contributed by atoms with Gasteiger partial charge < -0.3 is 19.1 Å². The summed E-state index contributed by atoms with van der Waals surface area (Å²) in [7, 11) is 0. The van der Waals surface area contributed by atoms with Crippen molar-refractivity contribution in [2.75, 3.05) is 13.1 Å². The molecule has 0 N–H and O–H groups in total. The third-order valence-corrected chi connectivity index (χ3v) is 4.09. The van der Waals surface area contributed by atoms with Gasteiger partial charge in [0.05, 0.1) is 6.54 Å². The topological polar surface area (TPSA) is 48.0 Å². The highest BCUT2D eigenvalue weighted by Crippen LogP contribution is 2.29. The number of amides is 1. The van der Waals surface area contributed by atoms with Crippen LogP contribution in [0.15, 0.2) is 66.7 Å². The number of hydrogen-bond acceptors (Lipinski definition) is 4. The van der Waals surface area contributed by atoms with Crippen molar-refractivity contribution in [3.8, 4) is 11.5 Å². The molecular weight excluding hydrogens is 354 g/mol. The summed E-state index contributed by atoms with van der Waals surface area (Å²) in [5, 5.41) is 0. The normalized spacial score (nSPS) is 16.5. The van der Waals surface area contributed by atoms with Crippen molar-refractivity contribution >= 4 is 6.09 Å². The van der Waals surface area contributed by atoms with Crippen LogP contribution < -0.4 is 9.47 Å².